The Hall–Kier alpha value is -2.01. The van der Waals surface area contributed by atoms with Crippen LogP contribution in [0.3, 0.4) is 0 Å². The molecule has 116 valence electrons. The van der Waals surface area contributed by atoms with Gasteiger partial charge in [-0.2, -0.15) is 5.10 Å². The van der Waals surface area contributed by atoms with Gasteiger partial charge in [-0.05, 0) is 42.5 Å². The van der Waals surface area contributed by atoms with Crippen LogP contribution in [0.5, 0.6) is 0 Å². The van der Waals surface area contributed by atoms with Crippen LogP contribution < -0.4 is 10.6 Å². The van der Waals surface area contributed by atoms with Crippen molar-refractivity contribution in [2.24, 2.45) is 7.05 Å². The van der Waals surface area contributed by atoms with Gasteiger partial charge < -0.3 is 10.6 Å². The molecule has 0 saturated heterocycles. The summed E-state index contributed by atoms with van der Waals surface area (Å²) in [6.45, 7) is 0.984. The number of rotatable bonds is 4. The van der Waals surface area contributed by atoms with Gasteiger partial charge in [0.1, 0.15) is 0 Å². The van der Waals surface area contributed by atoms with Crippen LogP contribution in [0.15, 0.2) is 24.3 Å². The van der Waals surface area contributed by atoms with Crippen LogP contribution in [-0.4, -0.2) is 15.8 Å². The summed E-state index contributed by atoms with van der Waals surface area (Å²) in [5, 5.41) is 10.9. The van der Waals surface area contributed by atoms with Crippen molar-refractivity contribution in [2.45, 2.75) is 32.4 Å². The number of urea groups is 1. The maximum absolute atomic E-state index is 11.9. The molecule has 0 spiro atoms. The van der Waals surface area contributed by atoms with E-state index in [9.17, 15) is 4.79 Å². The number of amides is 2. The van der Waals surface area contributed by atoms with Crippen molar-refractivity contribution in [3.8, 4) is 0 Å². The number of halogens is 1. The normalized spacial score (nSPS) is 13.0. The fourth-order valence-corrected chi connectivity index (χ4v) is 2.94. The number of hydrogen-bond acceptors (Lipinski definition) is 2. The lowest BCUT2D eigenvalue weighted by Crippen LogP contribution is -2.35. The van der Waals surface area contributed by atoms with Crippen LogP contribution in [0.25, 0.3) is 0 Å². The summed E-state index contributed by atoms with van der Waals surface area (Å²) in [5.74, 6) is 0. The monoisotopic (exact) mass is 318 g/mol. The SMILES string of the molecule is Cn1nc2c(c1CNC(=O)NCc1ccc(Cl)cc1)CCC2. The average molecular weight is 319 g/mol. The first-order valence-corrected chi connectivity index (χ1v) is 7.81. The van der Waals surface area contributed by atoms with E-state index in [0.29, 0.717) is 18.1 Å². The first kappa shape index (κ1) is 14.9. The smallest absolute Gasteiger partial charge is 0.315 e. The second kappa shape index (κ2) is 6.40. The molecule has 1 aliphatic rings. The number of aromatic nitrogens is 2. The van der Waals surface area contributed by atoms with E-state index in [2.05, 4.69) is 15.7 Å². The van der Waals surface area contributed by atoms with Gasteiger partial charge in [-0.15, -0.1) is 0 Å². The number of aryl methyl sites for hydroxylation is 2. The minimum Gasteiger partial charge on any atom is -0.334 e. The molecule has 22 heavy (non-hydrogen) atoms. The van der Waals surface area contributed by atoms with Crippen LogP contribution in [0.2, 0.25) is 5.02 Å². The summed E-state index contributed by atoms with van der Waals surface area (Å²) in [5.41, 5.74) is 4.61. The Morgan fingerprint density at radius 1 is 1.23 bits per heavy atom. The standard InChI is InChI=1S/C16H19ClN4O/c1-21-15(13-3-2-4-14(13)20-21)10-19-16(22)18-9-11-5-7-12(17)8-6-11/h5-8H,2-4,9-10H2,1H3,(H2,18,19,22). The van der Waals surface area contributed by atoms with Gasteiger partial charge in [-0.25, -0.2) is 4.79 Å². The lowest BCUT2D eigenvalue weighted by Gasteiger charge is -2.09. The fourth-order valence-electron chi connectivity index (χ4n) is 2.82. The molecule has 2 aromatic rings. The zero-order valence-corrected chi connectivity index (χ0v) is 13.3. The Bertz CT molecular complexity index is 678. The van der Waals surface area contributed by atoms with Gasteiger partial charge in [-0.1, -0.05) is 23.7 Å². The molecule has 5 nitrogen and oxygen atoms in total. The Balaban J connectivity index is 1.51. The second-order valence-electron chi connectivity index (χ2n) is 5.51. The first-order valence-electron chi connectivity index (χ1n) is 7.43. The van der Waals surface area contributed by atoms with E-state index in [4.69, 9.17) is 11.6 Å². The largest absolute Gasteiger partial charge is 0.334 e. The highest BCUT2D eigenvalue weighted by molar-refractivity contribution is 6.30. The van der Waals surface area contributed by atoms with Crippen LogP contribution in [0.1, 0.15) is 28.9 Å². The molecule has 3 rings (SSSR count). The third-order valence-electron chi connectivity index (χ3n) is 3.98. The van der Waals surface area contributed by atoms with Crippen LogP contribution in [-0.2, 0) is 33.0 Å². The quantitative estimate of drug-likeness (QED) is 0.910. The number of nitrogens with one attached hydrogen (secondary N) is 2. The third-order valence-corrected chi connectivity index (χ3v) is 4.23. The molecule has 2 N–H and O–H groups in total. The number of nitrogens with zero attached hydrogens (tertiary/aromatic N) is 2. The van der Waals surface area contributed by atoms with Gasteiger partial charge in [0.15, 0.2) is 0 Å². The Kier molecular flexibility index (Phi) is 4.34. The molecule has 0 aliphatic heterocycles. The summed E-state index contributed by atoms with van der Waals surface area (Å²) in [6.07, 6.45) is 3.27. The Morgan fingerprint density at radius 3 is 2.73 bits per heavy atom. The molecule has 1 aromatic heterocycles. The van der Waals surface area contributed by atoms with E-state index in [1.54, 1.807) is 0 Å². The van der Waals surface area contributed by atoms with Crippen molar-refractivity contribution in [1.82, 2.24) is 20.4 Å². The van der Waals surface area contributed by atoms with Gasteiger partial charge in [0.2, 0.25) is 0 Å². The first-order chi connectivity index (χ1) is 10.6. The number of fused-ring (bicyclic) bond motifs is 1. The molecule has 0 bridgehead atoms. The third kappa shape index (κ3) is 3.25. The highest BCUT2D eigenvalue weighted by Gasteiger charge is 2.20. The van der Waals surface area contributed by atoms with E-state index >= 15 is 0 Å². The van der Waals surface area contributed by atoms with E-state index in [-0.39, 0.29) is 6.03 Å². The van der Waals surface area contributed by atoms with Crippen LogP contribution in [0.4, 0.5) is 4.79 Å². The molecular formula is C16H19ClN4O. The zero-order valence-electron chi connectivity index (χ0n) is 12.5. The van der Waals surface area contributed by atoms with E-state index < -0.39 is 0 Å². The zero-order chi connectivity index (χ0) is 15.5. The summed E-state index contributed by atoms with van der Waals surface area (Å²) in [4.78, 5) is 11.9. The van der Waals surface area contributed by atoms with Crippen molar-refractivity contribution in [3.05, 3.63) is 51.8 Å². The van der Waals surface area contributed by atoms with Crippen molar-refractivity contribution < 1.29 is 4.79 Å². The summed E-state index contributed by atoms with van der Waals surface area (Å²) in [7, 11) is 1.93. The molecule has 0 radical (unpaired) electrons. The molecule has 2 amide bonds. The van der Waals surface area contributed by atoms with Gasteiger partial charge in [0, 0.05) is 18.6 Å². The molecule has 0 unspecified atom stereocenters. The van der Waals surface area contributed by atoms with Gasteiger partial charge in [0.25, 0.3) is 0 Å². The number of carbonyl (C=O) groups excluding carboxylic acids is 1. The lowest BCUT2D eigenvalue weighted by atomic mass is 10.2. The average Bonchev–Trinajstić information content (AvgIpc) is 3.05. The molecule has 1 heterocycles. The highest BCUT2D eigenvalue weighted by Crippen LogP contribution is 2.24. The topological polar surface area (TPSA) is 59.0 Å². The van der Waals surface area contributed by atoms with Crippen molar-refractivity contribution >= 4 is 17.6 Å². The summed E-state index contributed by atoms with van der Waals surface area (Å²) >= 11 is 5.83. The maximum Gasteiger partial charge on any atom is 0.315 e. The van der Waals surface area contributed by atoms with Crippen molar-refractivity contribution in [1.29, 1.82) is 0 Å². The highest BCUT2D eigenvalue weighted by atomic mass is 35.5. The van der Waals surface area contributed by atoms with E-state index in [0.717, 1.165) is 30.5 Å². The molecule has 0 fully saturated rings. The minimum atomic E-state index is -0.178. The van der Waals surface area contributed by atoms with Gasteiger partial charge in [-0.3, -0.25) is 4.68 Å². The molecule has 0 atom stereocenters. The van der Waals surface area contributed by atoms with Crippen LogP contribution >= 0.6 is 11.6 Å². The summed E-state index contributed by atoms with van der Waals surface area (Å²) in [6, 6.07) is 7.25. The molecule has 1 aliphatic carbocycles. The number of hydrogen-bond donors (Lipinski definition) is 2. The van der Waals surface area contributed by atoms with Crippen LogP contribution in [0, 0.1) is 0 Å². The van der Waals surface area contributed by atoms with Crippen molar-refractivity contribution in [2.75, 3.05) is 0 Å². The van der Waals surface area contributed by atoms with Crippen molar-refractivity contribution in [3.63, 3.8) is 0 Å². The predicted octanol–water partition coefficient (Wildman–Crippen LogP) is 2.56. The molecule has 6 heteroatoms. The second-order valence-corrected chi connectivity index (χ2v) is 5.95. The molecule has 1 aromatic carbocycles. The fraction of sp³-hybridized carbons (Fsp3) is 0.375. The minimum absolute atomic E-state index is 0.178. The van der Waals surface area contributed by atoms with E-state index in [1.165, 1.54) is 11.3 Å². The lowest BCUT2D eigenvalue weighted by molar-refractivity contribution is 0.240. The maximum atomic E-state index is 11.9. The number of carbonyl (C=O) groups is 1. The molecular weight excluding hydrogens is 300 g/mol. The molecule has 0 saturated carbocycles. The Labute approximate surface area is 134 Å². The number of benzene rings is 1. The van der Waals surface area contributed by atoms with E-state index in [1.807, 2.05) is 36.0 Å². The summed E-state index contributed by atoms with van der Waals surface area (Å²) < 4.78 is 1.88. The predicted molar refractivity (Wildman–Crippen MR) is 85.8 cm³/mol. The van der Waals surface area contributed by atoms with Gasteiger partial charge >= 0.3 is 6.03 Å². The van der Waals surface area contributed by atoms with Gasteiger partial charge in [0.05, 0.1) is 17.9 Å². The Morgan fingerprint density at radius 2 is 1.95 bits per heavy atom.